The van der Waals surface area contributed by atoms with E-state index in [1.54, 1.807) is 0 Å². The minimum absolute atomic E-state index is 0.547. The zero-order valence-corrected chi connectivity index (χ0v) is 13.3. The summed E-state index contributed by atoms with van der Waals surface area (Å²) in [6.45, 7) is 13.8. The molecule has 4 heteroatoms. The average Bonchev–Trinajstić information content (AvgIpc) is 2.38. The molecule has 1 rings (SSSR count). The maximum atomic E-state index is 12.7. The lowest BCUT2D eigenvalue weighted by molar-refractivity contribution is 0.00578. The normalized spacial score (nSPS) is 24.1. The fraction of sp³-hybridized carbons (Fsp3) is 0.857. The molecule has 0 aliphatic carbocycles. The van der Waals surface area contributed by atoms with Crippen molar-refractivity contribution in [2.75, 3.05) is 0 Å². The summed E-state index contributed by atoms with van der Waals surface area (Å²) in [5.41, 5.74) is -1.09. The molecule has 1 aliphatic rings. The smallest absolute Gasteiger partial charge is 0.296 e. The Balaban J connectivity index is 2.62. The Hall–Kier alpha value is -0.110. The van der Waals surface area contributed by atoms with Crippen molar-refractivity contribution < 1.29 is 13.6 Å². The van der Waals surface area contributed by atoms with Gasteiger partial charge in [0.1, 0.15) is 11.2 Å². The summed E-state index contributed by atoms with van der Waals surface area (Å²) in [6.07, 6.45) is 5.27. The summed E-state index contributed by atoms with van der Waals surface area (Å²) in [5.74, 6) is 0. The van der Waals surface area contributed by atoms with Gasteiger partial charge in [-0.05, 0) is 40.5 Å². The van der Waals surface area contributed by atoms with Gasteiger partial charge in [0.2, 0.25) is 0 Å². The predicted molar refractivity (Wildman–Crippen MR) is 75.8 cm³/mol. The number of allylic oxidation sites excluding steroid dienone is 1. The van der Waals surface area contributed by atoms with Crippen LogP contribution < -0.4 is 0 Å². The van der Waals surface area contributed by atoms with Gasteiger partial charge in [0.25, 0.3) is 0 Å². The van der Waals surface area contributed by atoms with E-state index in [1.807, 2.05) is 27.7 Å². The van der Waals surface area contributed by atoms with E-state index in [-0.39, 0.29) is 0 Å². The molecule has 0 aromatic carbocycles. The highest BCUT2D eigenvalue weighted by atomic mass is 31.2. The van der Waals surface area contributed by atoms with E-state index >= 15 is 0 Å². The molecule has 0 aromatic heterocycles. The standard InChI is InChI=1S/C14H27O3P/c1-7-8-9-10-11-12(2)18(15)16-13(3,4)14(5,6)17-18/h2,7-11H2,1,3-6H3. The lowest BCUT2D eigenvalue weighted by Gasteiger charge is -2.29. The molecule has 3 nitrogen and oxygen atoms in total. The molecule has 106 valence electrons. The van der Waals surface area contributed by atoms with Crippen LogP contribution in [0.4, 0.5) is 0 Å². The van der Waals surface area contributed by atoms with Gasteiger partial charge in [-0.25, -0.2) is 0 Å². The van der Waals surface area contributed by atoms with E-state index in [0.717, 1.165) is 19.3 Å². The molecule has 1 saturated heterocycles. The van der Waals surface area contributed by atoms with Crippen LogP contribution in [0.25, 0.3) is 0 Å². The highest BCUT2D eigenvalue weighted by molar-refractivity contribution is 7.58. The van der Waals surface area contributed by atoms with Crippen LogP contribution in [-0.4, -0.2) is 11.2 Å². The van der Waals surface area contributed by atoms with E-state index in [0.29, 0.717) is 5.31 Å². The SMILES string of the molecule is C=C(CCCCCC)P1(=O)OC(C)(C)C(C)(C)O1. The van der Waals surface area contributed by atoms with Crippen LogP contribution in [0.3, 0.4) is 0 Å². The van der Waals surface area contributed by atoms with E-state index in [9.17, 15) is 4.57 Å². The van der Waals surface area contributed by atoms with E-state index < -0.39 is 18.8 Å². The molecule has 0 aromatic rings. The molecule has 0 bridgehead atoms. The van der Waals surface area contributed by atoms with Crippen molar-refractivity contribution >= 4 is 7.60 Å². The number of rotatable bonds is 6. The van der Waals surface area contributed by atoms with Crippen LogP contribution in [0, 0.1) is 0 Å². The van der Waals surface area contributed by atoms with Gasteiger partial charge in [-0.1, -0.05) is 32.8 Å². The van der Waals surface area contributed by atoms with Crippen LogP contribution in [-0.2, 0) is 13.6 Å². The first-order valence-electron chi connectivity index (χ1n) is 6.84. The molecule has 1 fully saturated rings. The Morgan fingerprint density at radius 3 is 2.00 bits per heavy atom. The molecular weight excluding hydrogens is 247 g/mol. The number of hydrogen-bond donors (Lipinski definition) is 0. The molecule has 0 unspecified atom stereocenters. The van der Waals surface area contributed by atoms with Crippen molar-refractivity contribution in [1.82, 2.24) is 0 Å². The third kappa shape index (κ3) is 3.26. The molecule has 0 spiro atoms. The minimum atomic E-state index is -3.15. The van der Waals surface area contributed by atoms with Crippen LogP contribution in [0.2, 0.25) is 0 Å². The zero-order chi connectivity index (χ0) is 14.0. The summed E-state index contributed by atoms with van der Waals surface area (Å²) in [6, 6.07) is 0. The largest absolute Gasteiger partial charge is 0.357 e. The monoisotopic (exact) mass is 274 g/mol. The van der Waals surface area contributed by atoms with Gasteiger partial charge in [-0.15, -0.1) is 0 Å². The van der Waals surface area contributed by atoms with Gasteiger partial charge < -0.3 is 0 Å². The van der Waals surface area contributed by atoms with Crippen molar-refractivity contribution in [2.24, 2.45) is 0 Å². The van der Waals surface area contributed by atoms with Crippen LogP contribution in [0.5, 0.6) is 0 Å². The van der Waals surface area contributed by atoms with Crippen molar-refractivity contribution in [2.45, 2.75) is 77.9 Å². The Kier molecular flexibility index (Phi) is 4.86. The maximum Gasteiger partial charge on any atom is 0.357 e. The summed E-state index contributed by atoms with van der Waals surface area (Å²) in [5, 5.41) is 0.622. The molecule has 0 atom stereocenters. The van der Waals surface area contributed by atoms with E-state index in [1.165, 1.54) is 12.8 Å². The molecule has 0 N–H and O–H groups in total. The topological polar surface area (TPSA) is 35.5 Å². The molecule has 0 saturated carbocycles. The highest BCUT2D eigenvalue weighted by Gasteiger charge is 2.56. The lowest BCUT2D eigenvalue weighted by atomic mass is 9.90. The van der Waals surface area contributed by atoms with Gasteiger partial charge in [0, 0.05) is 5.31 Å². The van der Waals surface area contributed by atoms with Crippen LogP contribution >= 0.6 is 7.60 Å². The van der Waals surface area contributed by atoms with E-state index in [2.05, 4.69) is 13.5 Å². The Morgan fingerprint density at radius 2 is 1.56 bits per heavy atom. The van der Waals surface area contributed by atoms with E-state index in [4.69, 9.17) is 9.05 Å². The molecular formula is C14H27O3P. The van der Waals surface area contributed by atoms with Gasteiger partial charge in [0.05, 0.1) is 0 Å². The molecule has 0 radical (unpaired) electrons. The van der Waals surface area contributed by atoms with Gasteiger partial charge in [0.15, 0.2) is 0 Å². The van der Waals surface area contributed by atoms with Crippen molar-refractivity contribution in [1.29, 1.82) is 0 Å². The molecule has 0 amide bonds. The second kappa shape index (κ2) is 5.48. The summed E-state index contributed by atoms with van der Waals surface area (Å²) < 4.78 is 24.1. The minimum Gasteiger partial charge on any atom is -0.296 e. The quantitative estimate of drug-likeness (QED) is 0.489. The highest BCUT2D eigenvalue weighted by Crippen LogP contribution is 2.68. The first-order chi connectivity index (χ1) is 8.15. The second-order valence-corrected chi connectivity index (χ2v) is 8.07. The fourth-order valence-electron chi connectivity index (χ4n) is 1.86. The van der Waals surface area contributed by atoms with Crippen LogP contribution in [0.1, 0.15) is 66.7 Å². The van der Waals surface area contributed by atoms with Crippen molar-refractivity contribution in [3.63, 3.8) is 0 Å². The fourth-order valence-corrected chi connectivity index (χ4v) is 4.23. The molecule has 18 heavy (non-hydrogen) atoms. The summed E-state index contributed by atoms with van der Waals surface area (Å²) >= 11 is 0. The maximum absolute atomic E-state index is 12.7. The Morgan fingerprint density at radius 1 is 1.06 bits per heavy atom. The first kappa shape index (κ1) is 15.9. The van der Waals surface area contributed by atoms with Gasteiger partial charge >= 0.3 is 7.60 Å². The molecule has 1 aliphatic heterocycles. The van der Waals surface area contributed by atoms with Crippen molar-refractivity contribution in [3.8, 4) is 0 Å². The zero-order valence-electron chi connectivity index (χ0n) is 12.4. The Labute approximate surface area is 111 Å². The predicted octanol–water partition coefficient (Wildman–Crippen LogP) is 5.27. The third-order valence-electron chi connectivity index (χ3n) is 3.85. The third-order valence-corrected chi connectivity index (χ3v) is 6.24. The Bertz CT molecular complexity index is 338. The summed E-state index contributed by atoms with van der Waals surface area (Å²) in [7, 11) is -3.15. The summed E-state index contributed by atoms with van der Waals surface area (Å²) in [4.78, 5) is 0. The molecule has 1 heterocycles. The lowest BCUT2D eigenvalue weighted by Crippen LogP contribution is -2.41. The van der Waals surface area contributed by atoms with Crippen molar-refractivity contribution in [3.05, 3.63) is 11.9 Å². The number of unbranched alkanes of at least 4 members (excludes halogenated alkanes) is 3. The number of hydrogen-bond acceptors (Lipinski definition) is 3. The van der Waals surface area contributed by atoms with Crippen LogP contribution in [0.15, 0.2) is 11.9 Å². The first-order valence-corrected chi connectivity index (χ1v) is 8.39. The van der Waals surface area contributed by atoms with Gasteiger partial charge in [-0.2, -0.15) is 0 Å². The van der Waals surface area contributed by atoms with Gasteiger partial charge in [-0.3, -0.25) is 13.6 Å². The second-order valence-electron chi connectivity index (χ2n) is 6.08. The average molecular weight is 274 g/mol.